The van der Waals surface area contributed by atoms with Gasteiger partial charge in [0.1, 0.15) is 5.82 Å². The quantitative estimate of drug-likeness (QED) is 0.146. The normalized spacial score (nSPS) is 15.3. The van der Waals surface area contributed by atoms with Crippen molar-refractivity contribution in [1.29, 1.82) is 0 Å². The van der Waals surface area contributed by atoms with Gasteiger partial charge >= 0.3 is 6.18 Å². The van der Waals surface area contributed by atoms with E-state index < -0.39 is 11.7 Å². The molecule has 13 aromatic rings. The van der Waals surface area contributed by atoms with Crippen LogP contribution in [0.1, 0.15) is 39.7 Å². The van der Waals surface area contributed by atoms with Crippen LogP contribution in [0.3, 0.4) is 0 Å². The number of hydrogen-bond acceptors (Lipinski definition) is 0. The minimum Gasteiger partial charge on any atom is -0.207 e. The summed E-state index contributed by atoms with van der Waals surface area (Å²) in [5, 5.41) is 10.7. The minimum atomic E-state index is -4.44. The maximum Gasteiger partial charge on any atom is 0.416 e. The first kappa shape index (κ1) is 46.1. The van der Waals surface area contributed by atoms with Gasteiger partial charge in [-0.15, -0.1) is 0 Å². The predicted molar refractivity (Wildman–Crippen MR) is 327 cm³/mol. The summed E-state index contributed by atoms with van der Waals surface area (Å²) in [5.74, 6) is -0.318. The second-order valence-corrected chi connectivity index (χ2v) is 22.0. The first-order chi connectivity index (χ1) is 39.8. The summed E-state index contributed by atoms with van der Waals surface area (Å²) < 4.78 is 56.5. The van der Waals surface area contributed by atoms with Gasteiger partial charge in [-0.25, -0.2) is 4.39 Å². The van der Waals surface area contributed by atoms with E-state index in [1.165, 1.54) is 105 Å². The first-order valence-corrected chi connectivity index (χ1v) is 27.7. The Labute approximate surface area is 464 Å². The molecule has 0 spiro atoms. The molecule has 0 amide bonds. The lowest BCUT2D eigenvalue weighted by molar-refractivity contribution is -0.137. The van der Waals surface area contributed by atoms with Gasteiger partial charge in [-0.1, -0.05) is 231 Å². The van der Waals surface area contributed by atoms with E-state index in [9.17, 15) is 17.6 Å². The highest BCUT2D eigenvalue weighted by molar-refractivity contribution is 6.33. The lowest BCUT2D eigenvalue weighted by Gasteiger charge is -2.30. The van der Waals surface area contributed by atoms with Crippen molar-refractivity contribution in [2.45, 2.75) is 18.0 Å². The molecule has 2 atom stereocenters. The number of halogens is 4. The highest BCUT2D eigenvalue weighted by Gasteiger charge is 2.46. The van der Waals surface area contributed by atoms with Crippen molar-refractivity contribution >= 4 is 60.8 Å². The molecule has 0 aliphatic heterocycles. The molecular formula is C77H44F4. The zero-order valence-electron chi connectivity index (χ0n) is 43.4. The highest BCUT2D eigenvalue weighted by Crippen LogP contribution is 2.65. The molecule has 0 fully saturated rings. The fraction of sp³-hybridized carbons (Fsp3) is 0.0390. The molecule has 13 aromatic carbocycles. The van der Waals surface area contributed by atoms with Crippen molar-refractivity contribution in [2.24, 2.45) is 0 Å². The molecule has 0 bridgehead atoms. The highest BCUT2D eigenvalue weighted by atomic mass is 19.4. The number of fused-ring (bicyclic) bond motifs is 10. The van der Waals surface area contributed by atoms with Crippen LogP contribution in [0.4, 0.5) is 17.6 Å². The number of alkyl halides is 3. The Morgan fingerprint density at radius 3 is 1.40 bits per heavy atom. The Morgan fingerprint density at radius 1 is 0.321 bits per heavy atom. The molecule has 0 nitrogen and oxygen atoms in total. The van der Waals surface area contributed by atoms with Crippen LogP contribution in [0.15, 0.2) is 243 Å². The van der Waals surface area contributed by atoms with Crippen LogP contribution in [0.5, 0.6) is 0 Å². The summed E-state index contributed by atoms with van der Waals surface area (Å²) in [6, 6.07) is 77.9. The molecule has 0 aromatic heterocycles. The third kappa shape index (κ3) is 6.47. The van der Waals surface area contributed by atoms with Crippen LogP contribution in [0.2, 0.25) is 0 Å². The van der Waals surface area contributed by atoms with Crippen molar-refractivity contribution in [3.63, 3.8) is 0 Å². The molecule has 0 radical (unpaired) electrons. The van der Waals surface area contributed by atoms with Crippen LogP contribution in [0.25, 0.3) is 150 Å². The maximum atomic E-state index is 14.6. The Morgan fingerprint density at radius 2 is 0.802 bits per heavy atom. The first-order valence-electron chi connectivity index (χ1n) is 27.7. The standard InChI is InChI=1S/C77H44F4/c78-48-33-29-44(30-34-48)50-20-8-10-22-52(50)70-56-26-14-12-24-54(56)66(46-17-5-2-6-18-46)74-62-40-36-58-59-37-41-63-71-61(39-35-57(67(59)71)60-38-42-64(76(70)74)72(62)68(58)60)73-65(45-15-3-1-4-16-45)53-23-11-13-25-55(53)69(75(63)73)51-21-9-7-19-49(51)43-27-31-47(32-28-43)77(79,80)81/h1-42,63,71H. The van der Waals surface area contributed by atoms with Gasteiger partial charge in [-0.05, 0) is 189 Å². The Bertz CT molecular complexity index is 5000. The van der Waals surface area contributed by atoms with E-state index in [1.54, 1.807) is 24.3 Å². The van der Waals surface area contributed by atoms with E-state index in [0.717, 1.165) is 71.8 Å². The third-order valence-corrected chi connectivity index (χ3v) is 18.1. The fourth-order valence-corrected chi connectivity index (χ4v) is 14.9. The topological polar surface area (TPSA) is 0 Å². The Kier molecular flexibility index (Phi) is 9.70. The summed E-state index contributed by atoms with van der Waals surface area (Å²) in [6.45, 7) is 0. The van der Waals surface area contributed by atoms with Gasteiger partial charge in [0.05, 0.1) is 5.56 Å². The van der Waals surface area contributed by atoms with Crippen molar-refractivity contribution in [2.75, 3.05) is 0 Å². The van der Waals surface area contributed by atoms with E-state index in [-0.39, 0.29) is 17.7 Å². The van der Waals surface area contributed by atoms with Crippen molar-refractivity contribution < 1.29 is 17.6 Å². The van der Waals surface area contributed by atoms with Crippen LogP contribution in [0, 0.1) is 5.82 Å². The van der Waals surface area contributed by atoms with Gasteiger partial charge < -0.3 is 0 Å². The molecule has 4 aliphatic rings. The van der Waals surface area contributed by atoms with Gasteiger partial charge in [0, 0.05) is 11.8 Å². The largest absolute Gasteiger partial charge is 0.416 e. The predicted octanol–water partition coefficient (Wildman–Crippen LogP) is 20.9. The number of benzene rings is 13. The van der Waals surface area contributed by atoms with E-state index in [0.29, 0.717) is 0 Å². The number of allylic oxidation sites excluding steroid dienone is 3. The number of rotatable bonds is 6. The molecular weight excluding hydrogens is 1000 g/mol. The molecule has 0 saturated heterocycles. The molecule has 81 heavy (non-hydrogen) atoms. The van der Waals surface area contributed by atoms with Gasteiger partial charge in [-0.3, -0.25) is 0 Å². The van der Waals surface area contributed by atoms with Gasteiger partial charge in [0.15, 0.2) is 0 Å². The van der Waals surface area contributed by atoms with Crippen LogP contribution >= 0.6 is 0 Å². The second-order valence-electron chi connectivity index (χ2n) is 22.0. The molecule has 0 heterocycles. The fourth-order valence-electron chi connectivity index (χ4n) is 14.9. The number of hydrogen-bond donors (Lipinski definition) is 0. The summed E-state index contributed by atoms with van der Waals surface area (Å²) in [6.07, 6.45) is 5.19. The zero-order chi connectivity index (χ0) is 53.8. The van der Waals surface area contributed by atoms with E-state index in [1.807, 2.05) is 24.3 Å². The van der Waals surface area contributed by atoms with Gasteiger partial charge in [0.2, 0.25) is 0 Å². The molecule has 4 aliphatic carbocycles. The minimum absolute atomic E-state index is 0.00863. The summed E-state index contributed by atoms with van der Waals surface area (Å²) >= 11 is 0. The van der Waals surface area contributed by atoms with E-state index in [4.69, 9.17) is 0 Å². The van der Waals surface area contributed by atoms with Crippen molar-refractivity contribution in [3.8, 4) is 89.0 Å². The van der Waals surface area contributed by atoms with Gasteiger partial charge in [0.25, 0.3) is 0 Å². The molecule has 17 rings (SSSR count). The monoisotopic (exact) mass is 1040 g/mol. The summed E-state index contributed by atoms with van der Waals surface area (Å²) in [7, 11) is 0. The molecule has 2 unspecified atom stereocenters. The molecule has 0 N–H and O–H groups in total. The average molecular weight is 1050 g/mol. The Balaban J connectivity index is 0.941. The second kappa shape index (κ2) is 17.1. The lowest BCUT2D eigenvalue weighted by Crippen LogP contribution is -2.23. The van der Waals surface area contributed by atoms with E-state index >= 15 is 0 Å². The zero-order valence-corrected chi connectivity index (χ0v) is 43.4. The summed E-state index contributed by atoms with van der Waals surface area (Å²) in [5.41, 5.74) is 23.2. The molecule has 0 saturated carbocycles. The average Bonchev–Trinajstić information content (AvgIpc) is 2.49. The Hall–Kier alpha value is -9.90. The molecule has 380 valence electrons. The van der Waals surface area contributed by atoms with Crippen molar-refractivity contribution in [3.05, 3.63) is 282 Å². The van der Waals surface area contributed by atoms with Crippen LogP contribution < -0.4 is 5.22 Å². The van der Waals surface area contributed by atoms with Crippen molar-refractivity contribution in [1.82, 2.24) is 0 Å². The SMILES string of the molecule is Fc1ccc(-c2ccccc2-c2c3c(c(-c4ccccc4)c4ccccc24)-c2ccc4c5c6c(c7ccc-3c2c47)=CC=C2c3c(c(-c4ccccc4-c4ccc(C(F)(F)F)cc4)c4ccccc4c3-c3ccccc3)C(C=C5)C26)cc1. The van der Waals surface area contributed by atoms with E-state index in [2.05, 4.69) is 194 Å². The lowest BCUT2D eigenvalue weighted by atomic mass is 9.72. The van der Waals surface area contributed by atoms with Crippen LogP contribution in [-0.2, 0) is 6.18 Å². The molecule has 4 heteroatoms. The van der Waals surface area contributed by atoms with Crippen LogP contribution in [-0.4, -0.2) is 0 Å². The smallest absolute Gasteiger partial charge is 0.207 e. The summed E-state index contributed by atoms with van der Waals surface area (Å²) in [4.78, 5) is 0. The van der Waals surface area contributed by atoms with Gasteiger partial charge in [-0.2, -0.15) is 13.2 Å². The third-order valence-electron chi connectivity index (χ3n) is 18.1. The maximum absolute atomic E-state index is 14.6.